The van der Waals surface area contributed by atoms with Crippen LogP contribution >= 0.6 is 0 Å². The van der Waals surface area contributed by atoms with Gasteiger partial charge in [-0.1, -0.05) is 36.8 Å². The molecular weight excluding hydrogens is 258 g/mol. The monoisotopic (exact) mass is 285 g/mol. The van der Waals surface area contributed by atoms with Gasteiger partial charge >= 0.3 is 0 Å². The van der Waals surface area contributed by atoms with E-state index in [1.165, 1.54) is 23.1 Å². The van der Waals surface area contributed by atoms with E-state index in [9.17, 15) is 0 Å². The first kappa shape index (κ1) is 15.8. The van der Waals surface area contributed by atoms with Crippen LogP contribution in [0.3, 0.4) is 0 Å². The van der Waals surface area contributed by atoms with E-state index in [4.69, 9.17) is 0 Å². The Balaban J connectivity index is 1.93. The second kappa shape index (κ2) is 7.99. The third kappa shape index (κ3) is 5.35. The lowest BCUT2D eigenvalue weighted by molar-refractivity contribution is 0.449. The van der Waals surface area contributed by atoms with E-state index < -0.39 is 0 Å². The molecule has 0 bridgehead atoms. The van der Waals surface area contributed by atoms with Gasteiger partial charge in [0.15, 0.2) is 0 Å². The van der Waals surface area contributed by atoms with E-state index in [1.807, 2.05) is 17.9 Å². The Labute approximate surface area is 128 Å². The Morgan fingerprint density at radius 1 is 1.29 bits per heavy atom. The van der Waals surface area contributed by atoms with Gasteiger partial charge in [-0.3, -0.25) is 4.68 Å². The molecule has 0 saturated heterocycles. The van der Waals surface area contributed by atoms with E-state index >= 15 is 0 Å². The van der Waals surface area contributed by atoms with Gasteiger partial charge in [-0.15, -0.1) is 0 Å². The molecule has 21 heavy (non-hydrogen) atoms. The third-order valence-corrected chi connectivity index (χ3v) is 3.89. The molecule has 0 spiro atoms. The Morgan fingerprint density at radius 2 is 2.14 bits per heavy atom. The summed E-state index contributed by atoms with van der Waals surface area (Å²) in [6, 6.07) is 8.88. The van der Waals surface area contributed by atoms with Crippen molar-refractivity contribution in [3.8, 4) is 0 Å². The summed E-state index contributed by atoms with van der Waals surface area (Å²) >= 11 is 0. The zero-order valence-electron chi connectivity index (χ0n) is 13.5. The molecule has 2 aromatic rings. The predicted molar refractivity (Wildman–Crippen MR) is 88.4 cm³/mol. The maximum absolute atomic E-state index is 4.25. The second-order valence-electron chi connectivity index (χ2n) is 5.93. The van der Waals surface area contributed by atoms with Gasteiger partial charge in [0, 0.05) is 13.2 Å². The fourth-order valence-corrected chi connectivity index (χ4v) is 2.77. The molecule has 1 N–H and O–H groups in total. The van der Waals surface area contributed by atoms with Crippen LogP contribution in [0, 0.1) is 12.8 Å². The minimum atomic E-state index is 0.673. The Bertz CT molecular complexity index is 545. The first-order chi connectivity index (χ1) is 10.2. The Hall–Kier alpha value is -1.61. The van der Waals surface area contributed by atoms with Crippen LogP contribution in [0.5, 0.6) is 0 Å². The molecule has 1 unspecified atom stereocenters. The largest absolute Gasteiger partial charge is 0.317 e. The number of benzene rings is 1. The summed E-state index contributed by atoms with van der Waals surface area (Å²) in [4.78, 5) is 0. The van der Waals surface area contributed by atoms with Crippen LogP contribution in [0.1, 0.15) is 30.0 Å². The maximum atomic E-state index is 4.25. The normalized spacial score (nSPS) is 12.5. The van der Waals surface area contributed by atoms with E-state index in [0.717, 1.165) is 25.9 Å². The molecule has 0 aliphatic carbocycles. The van der Waals surface area contributed by atoms with Crippen molar-refractivity contribution in [3.63, 3.8) is 0 Å². The van der Waals surface area contributed by atoms with Gasteiger partial charge in [0.1, 0.15) is 0 Å². The van der Waals surface area contributed by atoms with Crippen molar-refractivity contribution >= 4 is 0 Å². The summed E-state index contributed by atoms with van der Waals surface area (Å²) in [7, 11) is 1.98. The molecule has 2 rings (SSSR count). The number of aromatic nitrogens is 2. The molecule has 0 radical (unpaired) electrons. The number of nitrogens with one attached hydrogen (secondary N) is 1. The molecule has 0 aliphatic heterocycles. The van der Waals surface area contributed by atoms with Gasteiger partial charge < -0.3 is 5.32 Å². The van der Waals surface area contributed by atoms with E-state index in [0.29, 0.717) is 5.92 Å². The third-order valence-electron chi connectivity index (χ3n) is 3.89. The highest BCUT2D eigenvalue weighted by molar-refractivity contribution is 5.22. The lowest BCUT2D eigenvalue weighted by Gasteiger charge is -2.17. The summed E-state index contributed by atoms with van der Waals surface area (Å²) in [5.41, 5.74) is 4.13. The molecule has 1 aromatic heterocycles. The quantitative estimate of drug-likeness (QED) is 0.807. The van der Waals surface area contributed by atoms with Gasteiger partial charge in [-0.25, -0.2) is 0 Å². The number of nitrogens with zero attached hydrogens (tertiary/aromatic N) is 2. The molecule has 1 aromatic carbocycles. The van der Waals surface area contributed by atoms with Crippen LogP contribution in [-0.2, 0) is 19.9 Å². The van der Waals surface area contributed by atoms with Crippen molar-refractivity contribution in [1.82, 2.24) is 15.1 Å². The van der Waals surface area contributed by atoms with E-state index in [2.05, 4.69) is 54.7 Å². The predicted octanol–water partition coefficient (Wildman–Crippen LogP) is 3.13. The molecule has 3 heteroatoms. The topological polar surface area (TPSA) is 29.9 Å². The van der Waals surface area contributed by atoms with Crippen LogP contribution in [-0.4, -0.2) is 22.9 Å². The van der Waals surface area contributed by atoms with Crippen LogP contribution in [0.2, 0.25) is 0 Å². The van der Waals surface area contributed by atoms with E-state index in [1.54, 1.807) is 0 Å². The number of rotatable bonds is 8. The van der Waals surface area contributed by atoms with Gasteiger partial charge in [-0.2, -0.15) is 5.10 Å². The second-order valence-corrected chi connectivity index (χ2v) is 5.93. The summed E-state index contributed by atoms with van der Waals surface area (Å²) in [6.07, 6.45) is 7.56. The van der Waals surface area contributed by atoms with Crippen molar-refractivity contribution in [1.29, 1.82) is 0 Å². The van der Waals surface area contributed by atoms with Crippen molar-refractivity contribution in [3.05, 3.63) is 53.3 Å². The molecule has 0 aliphatic rings. The van der Waals surface area contributed by atoms with Crippen molar-refractivity contribution < 1.29 is 0 Å². The van der Waals surface area contributed by atoms with Gasteiger partial charge in [0.2, 0.25) is 0 Å². The van der Waals surface area contributed by atoms with E-state index in [-0.39, 0.29) is 0 Å². The molecule has 114 valence electrons. The molecule has 0 saturated carbocycles. The van der Waals surface area contributed by atoms with Crippen molar-refractivity contribution in [2.75, 3.05) is 13.1 Å². The Morgan fingerprint density at radius 3 is 2.81 bits per heavy atom. The first-order valence-electron chi connectivity index (χ1n) is 7.91. The fraction of sp³-hybridized carbons (Fsp3) is 0.500. The average molecular weight is 285 g/mol. The summed E-state index contributed by atoms with van der Waals surface area (Å²) in [5, 5.41) is 7.76. The van der Waals surface area contributed by atoms with Crippen LogP contribution in [0.4, 0.5) is 0 Å². The zero-order valence-corrected chi connectivity index (χ0v) is 13.5. The number of hydrogen-bond acceptors (Lipinski definition) is 2. The highest BCUT2D eigenvalue weighted by atomic mass is 15.2. The highest BCUT2D eigenvalue weighted by Crippen LogP contribution is 2.16. The average Bonchev–Trinajstić information content (AvgIpc) is 2.87. The van der Waals surface area contributed by atoms with Crippen LogP contribution < -0.4 is 5.32 Å². The first-order valence-corrected chi connectivity index (χ1v) is 7.91. The van der Waals surface area contributed by atoms with Gasteiger partial charge in [-0.05, 0) is 56.3 Å². The molecule has 1 heterocycles. The highest BCUT2D eigenvalue weighted by Gasteiger charge is 2.10. The van der Waals surface area contributed by atoms with Crippen LogP contribution in [0.25, 0.3) is 0 Å². The van der Waals surface area contributed by atoms with Crippen LogP contribution in [0.15, 0.2) is 36.7 Å². The Kier molecular flexibility index (Phi) is 6.00. The fourth-order valence-electron chi connectivity index (χ4n) is 2.77. The molecule has 1 atom stereocenters. The maximum Gasteiger partial charge on any atom is 0.0521 e. The SMILES string of the molecule is CCNCC(CCc1cnn(C)c1)Cc1cccc(C)c1. The molecule has 3 nitrogen and oxygen atoms in total. The lowest BCUT2D eigenvalue weighted by Crippen LogP contribution is -2.24. The molecular formula is C18H27N3. The minimum Gasteiger partial charge on any atom is -0.317 e. The summed E-state index contributed by atoms with van der Waals surface area (Å²) < 4.78 is 1.88. The lowest BCUT2D eigenvalue weighted by atomic mass is 9.93. The smallest absolute Gasteiger partial charge is 0.0521 e. The van der Waals surface area contributed by atoms with Gasteiger partial charge in [0.05, 0.1) is 6.20 Å². The molecule has 0 fully saturated rings. The van der Waals surface area contributed by atoms with Crippen molar-refractivity contribution in [2.45, 2.75) is 33.1 Å². The minimum absolute atomic E-state index is 0.673. The standard InChI is InChI=1S/C18H27N3/c1-4-19-12-17(8-9-18-13-20-21(3)14-18)11-16-7-5-6-15(2)10-16/h5-7,10,13-14,17,19H,4,8-9,11-12H2,1-3H3. The number of aryl methyl sites for hydroxylation is 3. The van der Waals surface area contributed by atoms with Crippen molar-refractivity contribution in [2.24, 2.45) is 13.0 Å². The molecule has 0 amide bonds. The summed E-state index contributed by atoms with van der Waals surface area (Å²) in [6.45, 7) is 6.46. The van der Waals surface area contributed by atoms with Gasteiger partial charge in [0.25, 0.3) is 0 Å². The summed E-state index contributed by atoms with van der Waals surface area (Å²) in [5.74, 6) is 0.673. The zero-order chi connectivity index (χ0) is 15.1. The number of hydrogen-bond donors (Lipinski definition) is 1.